The van der Waals surface area contributed by atoms with Crippen LogP contribution < -0.4 is 5.73 Å². The number of halogens is 3. The molecule has 1 amide bonds. The summed E-state index contributed by atoms with van der Waals surface area (Å²) in [5, 5.41) is 0. The summed E-state index contributed by atoms with van der Waals surface area (Å²) >= 11 is 0. The van der Waals surface area contributed by atoms with Crippen LogP contribution in [0.2, 0.25) is 0 Å². The fourth-order valence-corrected chi connectivity index (χ4v) is 2.90. The quantitative estimate of drug-likeness (QED) is 0.918. The van der Waals surface area contributed by atoms with Crippen LogP contribution in [-0.2, 0) is 4.79 Å². The number of benzene rings is 1. The molecule has 1 fully saturated rings. The smallest absolute Gasteiger partial charge is 0.223 e. The third-order valence-electron chi connectivity index (χ3n) is 4.56. The van der Waals surface area contributed by atoms with Crippen molar-refractivity contribution in [2.24, 2.45) is 11.7 Å². The molecule has 124 valence electrons. The molecule has 0 aromatic heterocycles. The van der Waals surface area contributed by atoms with Crippen LogP contribution in [0.5, 0.6) is 0 Å². The Morgan fingerprint density at radius 2 is 2.05 bits per heavy atom. The molecule has 1 aliphatic rings. The second kappa shape index (κ2) is 7.88. The molecule has 2 N–H and O–H groups in total. The van der Waals surface area contributed by atoms with E-state index in [-0.39, 0.29) is 36.3 Å². The molecule has 0 heterocycles. The average molecular weight is 333 g/mol. The minimum Gasteiger partial charge on any atom is -0.339 e. The van der Waals surface area contributed by atoms with Gasteiger partial charge in [0.2, 0.25) is 5.91 Å². The van der Waals surface area contributed by atoms with Crippen LogP contribution in [0, 0.1) is 17.6 Å². The first kappa shape index (κ1) is 18.8. The highest BCUT2D eigenvalue weighted by atomic mass is 35.5. The Bertz CT molecular complexity index is 527. The highest BCUT2D eigenvalue weighted by Crippen LogP contribution is 2.29. The van der Waals surface area contributed by atoms with Crippen LogP contribution in [0.4, 0.5) is 8.78 Å². The number of carbonyl (C=O) groups excluding carboxylic acids is 1. The summed E-state index contributed by atoms with van der Waals surface area (Å²) in [5.41, 5.74) is 6.57. The number of rotatable bonds is 4. The van der Waals surface area contributed by atoms with E-state index in [1.807, 2.05) is 0 Å². The highest BCUT2D eigenvalue weighted by Gasteiger charge is 2.28. The third kappa shape index (κ3) is 4.17. The largest absolute Gasteiger partial charge is 0.339 e. The Labute approximate surface area is 136 Å². The monoisotopic (exact) mass is 332 g/mol. The van der Waals surface area contributed by atoms with Gasteiger partial charge in [0.05, 0.1) is 6.04 Å². The zero-order valence-electron chi connectivity index (χ0n) is 12.9. The first-order valence-corrected chi connectivity index (χ1v) is 7.36. The molecule has 22 heavy (non-hydrogen) atoms. The molecule has 1 saturated carbocycles. The van der Waals surface area contributed by atoms with Crippen molar-refractivity contribution in [2.45, 2.75) is 44.7 Å². The second-order valence-electron chi connectivity index (χ2n) is 5.91. The van der Waals surface area contributed by atoms with Crippen molar-refractivity contribution in [3.05, 3.63) is 35.4 Å². The number of amides is 1. The maximum Gasteiger partial charge on any atom is 0.223 e. The number of hydrogen-bond acceptors (Lipinski definition) is 2. The van der Waals surface area contributed by atoms with Gasteiger partial charge in [0.25, 0.3) is 0 Å². The van der Waals surface area contributed by atoms with Crippen molar-refractivity contribution in [1.29, 1.82) is 0 Å². The molecule has 0 spiro atoms. The summed E-state index contributed by atoms with van der Waals surface area (Å²) in [4.78, 5) is 13.9. The number of hydrogen-bond donors (Lipinski definition) is 1. The van der Waals surface area contributed by atoms with E-state index in [1.54, 1.807) is 18.9 Å². The predicted molar refractivity (Wildman–Crippen MR) is 84.7 cm³/mol. The Hall–Kier alpha value is -1.20. The van der Waals surface area contributed by atoms with E-state index in [0.29, 0.717) is 12.0 Å². The fourth-order valence-electron chi connectivity index (χ4n) is 2.90. The van der Waals surface area contributed by atoms with E-state index in [9.17, 15) is 13.6 Å². The maximum atomic E-state index is 13.3. The van der Waals surface area contributed by atoms with E-state index in [2.05, 4.69) is 0 Å². The summed E-state index contributed by atoms with van der Waals surface area (Å²) in [6.07, 6.45) is 3.45. The molecule has 0 aliphatic heterocycles. The minimum absolute atomic E-state index is 0. The van der Waals surface area contributed by atoms with Crippen LogP contribution in [0.25, 0.3) is 0 Å². The van der Waals surface area contributed by atoms with Gasteiger partial charge in [-0.25, -0.2) is 8.78 Å². The molecule has 1 aromatic rings. The van der Waals surface area contributed by atoms with Crippen molar-refractivity contribution in [1.82, 2.24) is 4.90 Å². The number of nitrogens with zero attached hydrogens (tertiary/aromatic N) is 1. The summed E-state index contributed by atoms with van der Waals surface area (Å²) in [5.74, 6) is -1.54. The first-order valence-electron chi connectivity index (χ1n) is 7.36. The summed E-state index contributed by atoms with van der Waals surface area (Å²) < 4.78 is 26.3. The van der Waals surface area contributed by atoms with Crippen LogP contribution in [0.3, 0.4) is 0 Å². The van der Waals surface area contributed by atoms with E-state index >= 15 is 0 Å². The highest BCUT2D eigenvalue weighted by molar-refractivity contribution is 5.85. The molecule has 1 aromatic carbocycles. The van der Waals surface area contributed by atoms with Crippen molar-refractivity contribution in [2.75, 3.05) is 7.05 Å². The standard InChI is InChI=1S/C16H22F2N2O.ClH/c1-10(11-6-7-13(17)14(18)8-11)20(2)16(21)9-12-4-3-5-15(12)19;/h6-8,10,12,15H,3-5,9,19H2,1-2H3;1H/t10?,12-,15+;/m0./s1. The lowest BCUT2D eigenvalue weighted by Gasteiger charge is -2.27. The lowest BCUT2D eigenvalue weighted by atomic mass is 9.98. The van der Waals surface area contributed by atoms with Gasteiger partial charge in [-0.1, -0.05) is 12.5 Å². The molecule has 0 saturated heterocycles. The predicted octanol–water partition coefficient (Wildman–Crippen LogP) is 3.42. The zero-order valence-corrected chi connectivity index (χ0v) is 13.7. The van der Waals surface area contributed by atoms with E-state index in [4.69, 9.17) is 5.73 Å². The van der Waals surface area contributed by atoms with Crippen molar-refractivity contribution in [3.63, 3.8) is 0 Å². The topological polar surface area (TPSA) is 46.3 Å². The molecular weight excluding hydrogens is 310 g/mol. The van der Waals surface area contributed by atoms with Gasteiger partial charge in [0, 0.05) is 19.5 Å². The van der Waals surface area contributed by atoms with Crippen molar-refractivity contribution in [3.8, 4) is 0 Å². The van der Waals surface area contributed by atoms with Gasteiger partial charge >= 0.3 is 0 Å². The van der Waals surface area contributed by atoms with Crippen LogP contribution >= 0.6 is 12.4 Å². The van der Waals surface area contributed by atoms with Crippen LogP contribution in [0.1, 0.15) is 44.2 Å². The van der Waals surface area contributed by atoms with Crippen molar-refractivity contribution >= 4 is 18.3 Å². The number of carbonyl (C=O) groups is 1. The van der Waals surface area contributed by atoms with Crippen molar-refractivity contribution < 1.29 is 13.6 Å². The van der Waals surface area contributed by atoms with Gasteiger partial charge in [0.1, 0.15) is 0 Å². The van der Waals surface area contributed by atoms with E-state index in [0.717, 1.165) is 31.4 Å². The Morgan fingerprint density at radius 1 is 1.36 bits per heavy atom. The molecule has 6 heteroatoms. The molecule has 3 atom stereocenters. The molecule has 2 rings (SSSR count). The number of nitrogens with two attached hydrogens (primary N) is 1. The van der Waals surface area contributed by atoms with Gasteiger partial charge in [-0.2, -0.15) is 0 Å². The lowest BCUT2D eigenvalue weighted by Crippen LogP contribution is -2.34. The van der Waals surface area contributed by atoms with Gasteiger partial charge in [-0.3, -0.25) is 4.79 Å². The van der Waals surface area contributed by atoms with Crippen LogP contribution in [-0.4, -0.2) is 23.9 Å². The van der Waals surface area contributed by atoms with Gasteiger partial charge in [-0.15, -0.1) is 12.4 Å². The molecule has 0 radical (unpaired) electrons. The summed E-state index contributed by atoms with van der Waals surface area (Å²) in [7, 11) is 1.69. The molecule has 3 nitrogen and oxygen atoms in total. The maximum absolute atomic E-state index is 13.3. The van der Waals surface area contributed by atoms with Gasteiger partial charge in [0.15, 0.2) is 11.6 Å². The second-order valence-corrected chi connectivity index (χ2v) is 5.91. The van der Waals surface area contributed by atoms with E-state index < -0.39 is 11.6 Å². The average Bonchev–Trinajstić information content (AvgIpc) is 2.85. The fraction of sp³-hybridized carbons (Fsp3) is 0.562. The molecule has 1 unspecified atom stereocenters. The van der Waals surface area contributed by atoms with Gasteiger partial charge in [-0.05, 0) is 43.4 Å². The third-order valence-corrected chi connectivity index (χ3v) is 4.56. The Morgan fingerprint density at radius 3 is 2.59 bits per heavy atom. The SMILES string of the molecule is CC(c1ccc(F)c(F)c1)N(C)C(=O)C[C@@H]1CCC[C@H]1N.Cl. The molecule has 1 aliphatic carbocycles. The summed E-state index contributed by atoms with van der Waals surface area (Å²) in [6, 6.07) is 3.54. The Kier molecular flexibility index (Phi) is 6.75. The minimum atomic E-state index is -0.891. The molecule has 0 bridgehead atoms. The first-order chi connectivity index (χ1) is 9.90. The van der Waals surface area contributed by atoms with Gasteiger partial charge < -0.3 is 10.6 Å². The zero-order chi connectivity index (χ0) is 15.6. The van der Waals surface area contributed by atoms with E-state index in [1.165, 1.54) is 6.07 Å². The molecular formula is C16H23ClF2N2O. The van der Waals surface area contributed by atoms with Crippen LogP contribution in [0.15, 0.2) is 18.2 Å². The normalized spacial score (nSPS) is 22.0. The lowest BCUT2D eigenvalue weighted by molar-refractivity contribution is -0.132. The Balaban J connectivity index is 0.00000242. The summed E-state index contributed by atoms with van der Waals surface area (Å²) in [6.45, 7) is 1.80.